The summed E-state index contributed by atoms with van der Waals surface area (Å²) in [5.41, 5.74) is 0.728. The van der Waals surface area contributed by atoms with Gasteiger partial charge in [0, 0.05) is 5.75 Å². The Morgan fingerprint density at radius 3 is 2.70 bits per heavy atom. The van der Waals surface area contributed by atoms with E-state index >= 15 is 0 Å². The van der Waals surface area contributed by atoms with E-state index in [1.165, 1.54) is 0 Å². The number of benzene rings is 1. The van der Waals surface area contributed by atoms with Crippen LogP contribution in [0, 0.1) is 0 Å². The van der Waals surface area contributed by atoms with Crippen LogP contribution in [0.3, 0.4) is 0 Å². The molecule has 0 unspecified atom stereocenters. The molecule has 0 saturated carbocycles. The van der Waals surface area contributed by atoms with Crippen molar-refractivity contribution in [3.63, 3.8) is 0 Å². The maximum atomic E-state index is 12.4. The molecule has 108 valence electrons. The third kappa shape index (κ3) is 4.04. The first-order valence-corrected chi connectivity index (χ1v) is 7.11. The maximum absolute atomic E-state index is 12.4. The molecular formula is C11H8Cl2F3N3S. The van der Waals surface area contributed by atoms with Crippen molar-refractivity contribution in [1.29, 1.82) is 0 Å². The number of aromatic nitrogens is 3. The molecule has 0 bridgehead atoms. The Bertz CT molecular complexity index is 601. The number of halogens is 5. The highest BCUT2D eigenvalue weighted by Crippen LogP contribution is 2.31. The van der Waals surface area contributed by atoms with Gasteiger partial charge in [-0.2, -0.15) is 13.2 Å². The predicted octanol–water partition coefficient (Wildman–Crippen LogP) is 4.44. The zero-order valence-electron chi connectivity index (χ0n) is 9.86. The van der Waals surface area contributed by atoms with E-state index in [9.17, 15) is 13.2 Å². The van der Waals surface area contributed by atoms with Gasteiger partial charge in [0.05, 0.1) is 10.0 Å². The van der Waals surface area contributed by atoms with Gasteiger partial charge in [0.1, 0.15) is 12.9 Å². The average Bonchev–Trinajstić information content (AvgIpc) is 2.76. The van der Waals surface area contributed by atoms with Crippen LogP contribution in [0.25, 0.3) is 0 Å². The third-order valence-electron chi connectivity index (χ3n) is 2.32. The normalized spacial score (nSPS) is 11.8. The average molecular weight is 342 g/mol. The van der Waals surface area contributed by atoms with Crippen molar-refractivity contribution < 1.29 is 13.2 Å². The number of nitrogens with zero attached hydrogens (tertiary/aromatic N) is 3. The molecule has 1 aromatic heterocycles. The van der Waals surface area contributed by atoms with E-state index in [0.29, 0.717) is 15.8 Å². The van der Waals surface area contributed by atoms with Crippen molar-refractivity contribution in [2.75, 3.05) is 0 Å². The summed E-state index contributed by atoms with van der Waals surface area (Å²) in [4.78, 5) is 0. The molecule has 2 rings (SSSR count). The summed E-state index contributed by atoms with van der Waals surface area (Å²) < 4.78 is 38.0. The van der Waals surface area contributed by atoms with Gasteiger partial charge in [-0.1, -0.05) is 47.1 Å². The van der Waals surface area contributed by atoms with E-state index in [1.807, 2.05) is 0 Å². The summed E-state index contributed by atoms with van der Waals surface area (Å²) in [7, 11) is 0. The van der Waals surface area contributed by atoms with Gasteiger partial charge < -0.3 is 0 Å². The number of hydrogen-bond donors (Lipinski definition) is 0. The lowest BCUT2D eigenvalue weighted by Gasteiger charge is -2.09. The van der Waals surface area contributed by atoms with E-state index in [4.69, 9.17) is 23.2 Å². The molecule has 0 aliphatic heterocycles. The Hall–Kier alpha value is -0.920. The van der Waals surface area contributed by atoms with Crippen molar-refractivity contribution in [3.05, 3.63) is 40.1 Å². The molecule has 1 aromatic carbocycles. The third-order valence-corrected chi connectivity index (χ3v) is 4.21. The molecule has 1 heterocycles. The van der Waals surface area contributed by atoms with Gasteiger partial charge in [0.15, 0.2) is 5.16 Å². The molecule has 0 aliphatic rings. The second-order valence-electron chi connectivity index (χ2n) is 3.86. The smallest absolute Gasteiger partial charge is 0.299 e. The van der Waals surface area contributed by atoms with Crippen molar-refractivity contribution in [2.45, 2.75) is 23.6 Å². The molecule has 0 N–H and O–H groups in total. The van der Waals surface area contributed by atoms with Crippen molar-refractivity contribution in [2.24, 2.45) is 0 Å². The molecule has 0 radical (unpaired) electrons. The molecule has 0 aliphatic carbocycles. The zero-order chi connectivity index (χ0) is 14.8. The molecule has 0 spiro atoms. The number of alkyl halides is 3. The second kappa shape index (κ2) is 6.24. The lowest BCUT2D eigenvalue weighted by atomic mass is 10.2. The van der Waals surface area contributed by atoms with E-state index in [2.05, 4.69) is 10.2 Å². The van der Waals surface area contributed by atoms with Crippen molar-refractivity contribution in [1.82, 2.24) is 14.8 Å². The highest BCUT2D eigenvalue weighted by molar-refractivity contribution is 7.98. The van der Waals surface area contributed by atoms with Crippen LogP contribution in [0.5, 0.6) is 0 Å². The van der Waals surface area contributed by atoms with E-state index in [0.717, 1.165) is 28.2 Å². The molecule has 0 saturated heterocycles. The monoisotopic (exact) mass is 341 g/mol. The highest BCUT2D eigenvalue weighted by atomic mass is 35.5. The minimum Gasteiger partial charge on any atom is -0.299 e. The lowest BCUT2D eigenvalue weighted by Crippen LogP contribution is -2.17. The molecular weight excluding hydrogens is 334 g/mol. The van der Waals surface area contributed by atoms with Crippen LogP contribution in [-0.4, -0.2) is 20.9 Å². The summed E-state index contributed by atoms with van der Waals surface area (Å²) in [5.74, 6) is 0.357. The molecule has 0 amide bonds. The number of rotatable bonds is 4. The quantitative estimate of drug-likeness (QED) is 0.770. The number of hydrogen-bond acceptors (Lipinski definition) is 3. The van der Waals surface area contributed by atoms with Crippen LogP contribution < -0.4 is 0 Å². The molecule has 3 nitrogen and oxygen atoms in total. The Labute approximate surface area is 127 Å². The second-order valence-corrected chi connectivity index (χ2v) is 5.59. The van der Waals surface area contributed by atoms with Crippen LogP contribution in [0.15, 0.2) is 29.7 Å². The summed E-state index contributed by atoms with van der Waals surface area (Å²) in [6.07, 6.45) is -3.26. The Balaban J connectivity index is 2.08. The van der Waals surface area contributed by atoms with Gasteiger partial charge in [0.25, 0.3) is 0 Å². The fourth-order valence-electron chi connectivity index (χ4n) is 1.46. The molecule has 20 heavy (non-hydrogen) atoms. The molecule has 2 aromatic rings. The minimum absolute atomic E-state index is 0.179. The van der Waals surface area contributed by atoms with Crippen molar-refractivity contribution in [3.8, 4) is 0 Å². The zero-order valence-corrected chi connectivity index (χ0v) is 12.2. The Morgan fingerprint density at radius 1 is 1.25 bits per heavy atom. The van der Waals surface area contributed by atoms with E-state index in [-0.39, 0.29) is 5.16 Å². The summed E-state index contributed by atoms with van der Waals surface area (Å²) in [5, 5.41) is 8.13. The van der Waals surface area contributed by atoms with Gasteiger partial charge in [0.2, 0.25) is 0 Å². The largest absolute Gasteiger partial charge is 0.406 e. The van der Waals surface area contributed by atoms with Gasteiger partial charge in [-0.15, -0.1) is 10.2 Å². The lowest BCUT2D eigenvalue weighted by molar-refractivity contribution is -0.142. The first-order valence-electron chi connectivity index (χ1n) is 5.37. The SMILES string of the molecule is FC(F)(F)Cn1cnnc1SCc1cccc(Cl)c1Cl. The summed E-state index contributed by atoms with van der Waals surface area (Å²) >= 11 is 13.0. The fourth-order valence-corrected chi connectivity index (χ4v) is 2.83. The molecule has 9 heteroatoms. The Kier molecular flexibility index (Phi) is 4.82. The highest BCUT2D eigenvalue weighted by Gasteiger charge is 2.29. The first-order chi connectivity index (χ1) is 9.37. The standard InChI is InChI=1S/C11H8Cl2F3N3S/c12-8-3-1-2-7(9(8)13)4-20-10-18-17-6-19(10)5-11(14,15)16/h1-3,6H,4-5H2. The number of thioether (sulfide) groups is 1. The van der Waals surface area contributed by atoms with Gasteiger partial charge in [-0.3, -0.25) is 4.57 Å². The van der Waals surface area contributed by atoms with Crippen LogP contribution >= 0.6 is 35.0 Å². The molecule has 0 atom stereocenters. The van der Waals surface area contributed by atoms with Crippen LogP contribution in [0.1, 0.15) is 5.56 Å². The van der Waals surface area contributed by atoms with Crippen LogP contribution in [-0.2, 0) is 12.3 Å². The minimum atomic E-state index is -4.31. The summed E-state index contributed by atoms with van der Waals surface area (Å²) in [6, 6.07) is 5.13. The van der Waals surface area contributed by atoms with Crippen LogP contribution in [0.4, 0.5) is 13.2 Å². The van der Waals surface area contributed by atoms with E-state index in [1.54, 1.807) is 18.2 Å². The van der Waals surface area contributed by atoms with Crippen LogP contribution in [0.2, 0.25) is 10.0 Å². The predicted molar refractivity (Wildman–Crippen MR) is 72.1 cm³/mol. The van der Waals surface area contributed by atoms with E-state index < -0.39 is 12.7 Å². The Morgan fingerprint density at radius 2 is 2.00 bits per heavy atom. The maximum Gasteiger partial charge on any atom is 0.406 e. The summed E-state index contributed by atoms with van der Waals surface area (Å²) in [6.45, 7) is -1.12. The van der Waals surface area contributed by atoms with Gasteiger partial charge in [-0.05, 0) is 11.6 Å². The van der Waals surface area contributed by atoms with Gasteiger partial charge >= 0.3 is 6.18 Å². The topological polar surface area (TPSA) is 30.7 Å². The fraction of sp³-hybridized carbons (Fsp3) is 0.273. The van der Waals surface area contributed by atoms with Gasteiger partial charge in [-0.25, -0.2) is 0 Å². The first kappa shape index (κ1) is 15.5. The van der Waals surface area contributed by atoms with Crippen molar-refractivity contribution >= 4 is 35.0 Å². The molecule has 0 fully saturated rings.